The van der Waals surface area contributed by atoms with Gasteiger partial charge in [0.25, 0.3) is 0 Å². The SMILES string of the molecule is COc1ccc(N(C)S(C)(=O)=O)c(Cn2ccc3cnc(Nc4ccc(N5CCNCC5C)cc4)nc32)c1. The maximum Gasteiger partial charge on any atom is 0.232 e. The summed E-state index contributed by atoms with van der Waals surface area (Å²) < 4.78 is 33.2. The van der Waals surface area contributed by atoms with E-state index in [-0.39, 0.29) is 0 Å². The van der Waals surface area contributed by atoms with Crippen LogP contribution in [0.4, 0.5) is 23.0 Å². The van der Waals surface area contributed by atoms with Crippen molar-refractivity contribution in [1.29, 1.82) is 0 Å². The van der Waals surface area contributed by atoms with Crippen molar-refractivity contribution >= 4 is 44.1 Å². The van der Waals surface area contributed by atoms with Crippen LogP contribution in [0.2, 0.25) is 0 Å². The minimum atomic E-state index is -3.43. The molecule has 1 aliphatic heterocycles. The highest BCUT2D eigenvalue weighted by atomic mass is 32.2. The largest absolute Gasteiger partial charge is 0.497 e. The molecule has 0 saturated carbocycles. The Hall–Kier alpha value is -3.83. The van der Waals surface area contributed by atoms with E-state index in [9.17, 15) is 8.42 Å². The number of anilines is 4. The van der Waals surface area contributed by atoms with E-state index in [1.807, 2.05) is 35.0 Å². The van der Waals surface area contributed by atoms with E-state index in [4.69, 9.17) is 9.72 Å². The van der Waals surface area contributed by atoms with Crippen LogP contribution in [0.5, 0.6) is 5.75 Å². The lowest BCUT2D eigenvalue weighted by Crippen LogP contribution is -2.49. The molecule has 2 aromatic carbocycles. The maximum atomic E-state index is 12.3. The molecule has 0 aliphatic carbocycles. The summed E-state index contributed by atoms with van der Waals surface area (Å²) in [4.78, 5) is 11.7. The van der Waals surface area contributed by atoms with E-state index in [0.717, 1.165) is 41.9 Å². The van der Waals surface area contributed by atoms with E-state index in [1.54, 1.807) is 32.5 Å². The van der Waals surface area contributed by atoms with Gasteiger partial charge in [-0.15, -0.1) is 0 Å². The third-order valence-electron chi connectivity index (χ3n) is 6.92. The summed E-state index contributed by atoms with van der Waals surface area (Å²) in [6.45, 7) is 5.59. The van der Waals surface area contributed by atoms with Crippen LogP contribution in [0.3, 0.4) is 0 Å². The molecule has 0 amide bonds. The molecule has 200 valence electrons. The van der Waals surface area contributed by atoms with Gasteiger partial charge in [0.05, 0.1) is 25.6 Å². The van der Waals surface area contributed by atoms with Gasteiger partial charge in [0.15, 0.2) is 0 Å². The van der Waals surface area contributed by atoms with Crippen molar-refractivity contribution in [2.45, 2.75) is 19.5 Å². The molecule has 2 N–H and O–H groups in total. The lowest BCUT2D eigenvalue weighted by Gasteiger charge is -2.36. The van der Waals surface area contributed by atoms with Gasteiger partial charge in [-0.25, -0.2) is 13.4 Å². The summed E-state index contributed by atoms with van der Waals surface area (Å²) in [6.07, 6.45) is 4.90. The van der Waals surface area contributed by atoms with Crippen LogP contribution in [0.1, 0.15) is 12.5 Å². The number of nitrogens with zero attached hydrogens (tertiary/aromatic N) is 5. The molecule has 1 unspecified atom stereocenters. The number of hydrogen-bond acceptors (Lipinski definition) is 8. The zero-order valence-electron chi connectivity index (χ0n) is 22.0. The number of methoxy groups -OCH3 is 1. The minimum absolute atomic E-state index is 0.407. The molecule has 1 saturated heterocycles. The molecule has 4 aromatic rings. The van der Waals surface area contributed by atoms with E-state index in [0.29, 0.717) is 30.0 Å². The number of hydrogen-bond donors (Lipinski definition) is 2. The Labute approximate surface area is 223 Å². The predicted octanol–water partition coefficient (Wildman–Crippen LogP) is 3.43. The molecular formula is C27H33N7O3S. The first kappa shape index (κ1) is 25.8. The summed E-state index contributed by atoms with van der Waals surface area (Å²) in [5.74, 6) is 1.14. The number of benzene rings is 2. The molecule has 1 atom stereocenters. The van der Waals surface area contributed by atoms with Crippen LogP contribution in [-0.2, 0) is 16.6 Å². The van der Waals surface area contributed by atoms with Crippen molar-refractivity contribution in [2.24, 2.45) is 0 Å². The number of ether oxygens (including phenoxy) is 1. The lowest BCUT2D eigenvalue weighted by molar-refractivity contribution is 0.414. The molecule has 1 fully saturated rings. The first-order valence-corrected chi connectivity index (χ1v) is 14.3. The van der Waals surface area contributed by atoms with Crippen molar-refractivity contribution in [1.82, 2.24) is 19.9 Å². The van der Waals surface area contributed by atoms with Crippen LogP contribution in [-0.4, -0.2) is 69.0 Å². The smallest absolute Gasteiger partial charge is 0.232 e. The normalized spacial score (nSPS) is 16.0. The van der Waals surface area contributed by atoms with Crippen LogP contribution in [0, 0.1) is 0 Å². The maximum absolute atomic E-state index is 12.3. The number of fused-ring (bicyclic) bond motifs is 1. The molecule has 38 heavy (non-hydrogen) atoms. The fraction of sp³-hybridized carbons (Fsp3) is 0.333. The summed E-state index contributed by atoms with van der Waals surface area (Å²) in [6, 6.07) is 16.1. The van der Waals surface area contributed by atoms with Crippen LogP contribution in [0.15, 0.2) is 60.9 Å². The Balaban J connectivity index is 1.40. The number of piperazine rings is 1. The molecule has 2 aromatic heterocycles. The van der Waals surface area contributed by atoms with E-state index < -0.39 is 10.0 Å². The standard InChI is InChI=1S/C27H33N7O3S/c1-19-16-28-12-14-34(19)23-7-5-22(6-8-23)30-27-29-17-20-11-13-33(26(20)31-27)18-21-15-24(37-3)9-10-25(21)32(2)38(4,35)36/h5-11,13,15,17,19,28H,12,14,16,18H2,1-4H3,(H,29,30,31). The number of sulfonamides is 1. The van der Waals surface area contributed by atoms with E-state index in [1.165, 1.54) is 16.2 Å². The van der Waals surface area contributed by atoms with Crippen molar-refractivity contribution in [3.8, 4) is 5.75 Å². The van der Waals surface area contributed by atoms with Gasteiger partial charge in [-0.3, -0.25) is 4.31 Å². The van der Waals surface area contributed by atoms with Crippen molar-refractivity contribution in [3.05, 3.63) is 66.5 Å². The van der Waals surface area contributed by atoms with Crippen LogP contribution in [0.25, 0.3) is 11.0 Å². The molecule has 3 heterocycles. The van der Waals surface area contributed by atoms with Gasteiger partial charge in [-0.05, 0) is 61.0 Å². The number of rotatable bonds is 8. The zero-order valence-corrected chi connectivity index (χ0v) is 22.9. The fourth-order valence-corrected chi connectivity index (χ4v) is 5.27. The highest BCUT2D eigenvalue weighted by Gasteiger charge is 2.19. The van der Waals surface area contributed by atoms with Gasteiger partial charge in [0.1, 0.15) is 11.4 Å². The summed E-state index contributed by atoms with van der Waals surface area (Å²) in [5.41, 5.74) is 4.22. The number of aromatic nitrogens is 3. The monoisotopic (exact) mass is 535 g/mol. The van der Waals surface area contributed by atoms with Gasteiger partial charge in [-0.1, -0.05) is 0 Å². The van der Waals surface area contributed by atoms with Gasteiger partial charge in [-0.2, -0.15) is 4.98 Å². The third-order valence-corrected chi connectivity index (χ3v) is 8.11. The Morgan fingerprint density at radius 3 is 2.68 bits per heavy atom. The zero-order chi connectivity index (χ0) is 26.9. The Morgan fingerprint density at radius 2 is 1.97 bits per heavy atom. The van der Waals surface area contributed by atoms with Crippen LogP contribution < -0.4 is 24.6 Å². The molecule has 5 rings (SSSR count). The first-order chi connectivity index (χ1) is 18.2. The molecule has 0 spiro atoms. The number of nitrogens with one attached hydrogen (secondary N) is 2. The second-order valence-corrected chi connectivity index (χ2v) is 11.6. The fourth-order valence-electron chi connectivity index (χ4n) is 4.73. The average molecular weight is 536 g/mol. The summed E-state index contributed by atoms with van der Waals surface area (Å²) >= 11 is 0. The van der Waals surface area contributed by atoms with Crippen LogP contribution >= 0.6 is 0 Å². The quantitative estimate of drug-likeness (QED) is 0.354. The Morgan fingerprint density at radius 1 is 1.18 bits per heavy atom. The van der Waals surface area contributed by atoms with Gasteiger partial charge in [0.2, 0.25) is 16.0 Å². The van der Waals surface area contributed by atoms with Crippen molar-refractivity contribution in [3.63, 3.8) is 0 Å². The summed E-state index contributed by atoms with van der Waals surface area (Å²) in [7, 11) is -0.295. The van der Waals surface area contributed by atoms with Gasteiger partial charge >= 0.3 is 0 Å². The molecule has 10 nitrogen and oxygen atoms in total. The van der Waals surface area contributed by atoms with E-state index in [2.05, 4.69) is 39.6 Å². The van der Waals surface area contributed by atoms with Gasteiger partial charge in [0, 0.05) is 61.9 Å². The third kappa shape index (κ3) is 5.39. The molecular weight excluding hydrogens is 502 g/mol. The van der Waals surface area contributed by atoms with Crippen molar-refractivity contribution in [2.75, 3.05) is 54.6 Å². The highest BCUT2D eigenvalue weighted by molar-refractivity contribution is 7.92. The van der Waals surface area contributed by atoms with E-state index >= 15 is 0 Å². The Bertz CT molecular complexity index is 1540. The molecule has 1 aliphatic rings. The highest BCUT2D eigenvalue weighted by Crippen LogP contribution is 2.29. The van der Waals surface area contributed by atoms with Gasteiger partial charge < -0.3 is 24.8 Å². The first-order valence-electron chi connectivity index (χ1n) is 12.5. The molecule has 11 heteroatoms. The topological polar surface area (TPSA) is 105 Å². The second-order valence-electron chi connectivity index (χ2n) is 9.56. The van der Waals surface area contributed by atoms with Crippen molar-refractivity contribution < 1.29 is 13.2 Å². The lowest BCUT2D eigenvalue weighted by atomic mass is 10.1. The molecule has 0 bridgehead atoms. The minimum Gasteiger partial charge on any atom is -0.497 e. The second kappa shape index (κ2) is 10.5. The molecule has 0 radical (unpaired) electrons. The predicted molar refractivity (Wildman–Crippen MR) is 152 cm³/mol. The average Bonchev–Trinajstić information content (AvgIpc) is 3.30. The summed E-state index contributed by atoms with van der Waals surface area (Å²) in [5, 5.41) is 7.62. The Kier molecular flexibility index (Phi) is 7.13.